The van der Waals surface area contributed by atoms with Crippen LogP contribution in [-0.4, -0.2) is 21.3 Å². The minimum Gasteiger partial charge on any atom is -0.369 e. The van der Waals surface area contributed by atoms with Crippen LogP contribution in [0.5, 0.6) is 0 Å². The van der Waals surface area contributed by atoms with Gasteiger partial charge in [0.15, 0.2) is 0 Å². The molecule has 1 aromatic heterocycles. The summed E-state index contributed by atoms with van der Waals surface area (Å²) < 4.78 is 15.4. The van der Waals surface area contributed by atoms with Crippen LogP contribution in [-0.2, 0) is 17.8 Å². The quantitative estimate of drug-likeness (QED) is 0.855. The van der Waals surface area contributed by atoms with Crippen LogP contribution in [0.15, 0.2) is 12.1 Å². The maximum atomic E-state index is 13.6. The Morgan fingerprint density at radius 1 is 1.48 bits per heavy atom. The van der Waals surface area contributed by atoms with Crippen molar-refractivity contribution in [2.24, 2.45) is 11.1 Å². The van der Waals surface area contributed by atoms with Crippen LogP contribution in [0.2, 0.25) is 5.02 Å². The highest BCUT2D eigenvalue weighted by Crippen LogP contribution is 2.27. The van der Waals surface area contributed by atoms with E-state index < -0.39 is 17.1 Å². The summed E-state index contributed by atoms with van der Waals surface area (Å²) in [5, 5.41) is 0.0120. The molecular formula is C14H16Cl2FN3O. The molecule has 2 rings (SSSR count). The molecule has 0 aliphatic carbocycles. The lowest BCUT2D eigenvalue weighted by Gasteiger charge is -2.22. The van der Waals surface area contributed by atoms with E-state index in [1.165, 1.54) is 12.1 Å². The molecule has 0 radical (unpaired) electrons. The monoisotopic (exact) mass is 331 g/mol. The molecule has 7 heteroatoms. The number of rotatable bonds is 5. The Morgan fingerprint density at radius 2 is 2.14 bits per heavy atom. The van der Waals surface area contributed by atoms with Crippen LogP contribution in [0.3, 0.4) is 0 Å². The molecule has 2 aromatic rings. The maximum absolute atomic E-state index is 13.6. The molecule has 0 spiro atoms. The first kappa shape index (κ1) is 16.0. The van der Waals surface area contributed by atoms with Gasteiger partial charge in [0.25, 0.3) is 0 Å². The van der Waals surface area contributed by atoms with E-state index in [9.17, 15) is 9.18 Å². The van der Waals surface area contributed by atoms with Gasteiger partial charge in [-0.2, -0.15) is 0 Å². The van der Waals surface area contributed by atoms with Gasteiger partial charge < -0.3 is 10.3 Å². The van der Waals surface area contributed by atoms with Gasteiger partial charge in [-0.3, -0.25) is 4.79 Å². The van der Waals surface area contributed by atoms with Gasteiger partial charge in [-0.05, 0) is 19.9 Å². The van der Waals surface area contributed by atoms with Gasteiger partial charge in [-0.1, -0.05) is 11.6 Å². The zero-order valence-electron chi connectivity index (χ0n) is 11.8. The van der Waals surface area contributed by atoms with Crippen molar-refractivity contribution in [3.05, 3.63) is 28.8 Å². The van der Waals surface area contributed by atoms with Gasteiger partial charge in [-0.15, -0.1) is 11.6 Å². The number of carbonyl (C=O) groups is 1. The van der Waals surface area contributed by atoms with Crippen molar-refractivity contribution in [1.29, 1.82) is 0 Å². The molecule has 4 nitrogen and oxygen atoms in total. The van der Waals surface area contributed by atoms with Crippen LogP contribution in [0.25, 0.3) is 11.0 Å². The summed E-state index contributed by atoms with van der Waals surface area (Å²) in [5.74, 6) is 0.0991. The van der Waals surface area contributed by atoms with Crippen molar-refractivity contribution in [1.82, 2.24) is 9.55 Å². The van der Waals surface area contributed by atoms with Gasteiger partial charge >= 0.3 is 0 Å². The van der Waals surface area contributed by atoms with Crippen LogP contribution < -0.4 is 5.73 Å². The van der Waals surface area contributed by atoms with Crippen molar-refractivity contribution < 1.29 is 9.18 Å². The fourth-order valence-corrected chi connectivity index (χ4v) is 2.42. The zero-order valence-corrected chi connectivity index (χ0v) is 13.3. The van der Waals surface area contributed by atoms with Crippen LogP contribution in [0.1, 0.15) is 19.7 Å². The fraction of sp³-hybridized carbons (Fsp3) is 0.429. The third-order valence-electron chi connectivity index (χ3n) is 3.41. The Labute approximate surface area is 132 Å². The second kappa shape index (κ2) is 5.81. The molecule has 0 bridgehead atoms. The van der Waals surface area contributed by atoms with Crippen LogP contribution in [0.4, 0.5) is 4.39 Å². The molecule has 21 heavy (non-hydrogen) atoms. The van der Waals surface area contributed by atoms with E-state index in [2.05, 4.69) is 4.98 Å². The zero-order chi connectivity index (χ0) is 15.8. The highest BCUT2D eigenvalue weighted by atomic mass is 35.5. The number of carbonyl (C=O) groups excluding carboxylic acids is 1. The largest absolute Gasteiger partial charge is 0.369 e. The Bertz CT molecular complexity index is 697. The average Bonchev–Trinajstić information content (AvgIpc) is 2.68. The molecule has 0 aliphatic rings. The summed E-state index contributed by atoms with van der Waals surface area (Å²) in [6.45, 7) is 3.82. The number of alkyl halides is 1. The normalized spacial score (nSPS) is 12.0. The number of imidazole rings is 1. The van der Waals surface area contributed by atoms with E-state index in [0.29, 0.717) is 35.7 Å². The SMILES string of the molecule is CC(C)(Cn1c(CCCl)nc2cc(F)c(Cl)cc21)C(N)=O. The molecule has 0 aliphatic heterocycles. The summed E-state index contributed by atoms with van der Waals surface area (Å²) in [6.07, 6.45) is 0.504. The first-order valence-corrected chi connectivity index (χ1v) is 7.37. The smallest absolute Gasteiger partial charge is 0.224 e. The van der Waals surface area contributed by atoms with Gasteiger partial charge in [-0.25, -0.2) is 9.37 Å². The number of hydrogen-bond donors (Lipinski definition) is 1. The maximum Gasteiger partial charge on any atom is 0.224 e. The number of hydrogen-bond acceptors (Lipinski definition) is 2. The Balaban J connectivity index is 2.60. The number of primary amides is 1. The molecule has 2 N–H and O–H groups in total. The molecule has 0 atom stereocenters. The van der Waals surface area contributed by atoms with E-state index in [4.69, 9.17) is 28.9 Å². The molecule has 1 amide bonds. The van der Waals surface area contributed by atoms with Crippen molar-refractivity contribution in [2.75, 3.05) is 5.88 Å². The average molecular weight is 332 g/mol. The topological polar surface area (TPSA) is 60.9 Å². The second-order valence-electron chi connectivity index (χ2n) is 5.56. The molecule has 0 fully saturated rings. The summed E-state index contributed by atoms with van der Waals surface area (Å²) in [4.78, 5) is 15.9. The Morgan fingerprint density at radius 3 is 2.71 bits per heavy atom. The highest BCUT2D eigenvalue weighted by Gasteiger charge is 2.28. The van der Waals surface area contributed by atoms with E-state index in [0.717, 1.165) is 0 Å². The first-order chi connectivity index (χ1) is 9.76. The Kier molecular flexibility index (Phi) is 4.44. The molecular weight excluding hydrogens is 316 g/mol. The summed E-state index contributed by atoms with van der Waals surface area (Å²) >= 11 is 11.6. The van der Waals surface area contributed by atoms with Gasteiger partial charge in [0.05, 0.1) is 21.5 Å². The van der Waals surface area contributed by atoms with Gasteiger partial charge in [0.2, 0.25) is 5.91 Å². The number of nitrogens with zero attached hydrogens (tertiary/aromatic N) is 2. The minimum absolute atomic E-state index is 0.0120. The number of aromatic nitrogens is 2. The predicted molar refractivity (Wildman–Crippen MR) is 82.1 cm³/mol. The van der Waals surface area contributed by atoms with Crippen molar-refractivity contribution in [2.45, 2.75) is 26.8 Å². The number of amides is 1. The number of aryl methyl sites for hydroxylation is 1. The molecule has 0 unspecified atom stereocenters. The van der Waals surface area contributed by atoms with E-state index >= 15 is 0 Å². The first-order valence-electron chi connectivity index (χ1n) is 6.46. The Hall–Kier alpha value is -1.33. The van der Waals surface area contributed by atoms with Crippen LogP contribution in [0, 0.1) is 11.2 Å². The second-order valence-corrected chi connectivity index (χ2v) is 6.34. The number of halogens is 3. The number of nitrogens with two attached hydrogens (primary N) is 1. The van der Waals surface area contributed by atoms with Crippen molar-refractivity contribution >= 4 is 40.1 Å². The molecule has 1 heterocycles. The lowest BCUT2D eigenvalue weighted by Crippen LogP contribution is -2.35. The minimum atomic E-state index is -0.768. The standard InChI is InChI=1S/C14H16Cl2FN3O/c1-14(2,13(18)21)7-20-11-5-8(16)9(17)6-10(11)19-12(20)3-4-15/h5-6H,3-4,7H2,1-2H3,(H2,18,21). The lowest BCUT2D eigenvalue weighted by molar-refractivity contribution is -0.126. The molecule has 0 saturated carbocycles. The number of fused-ring (bicyclic) bond motifs is 1. The summed E-state index contributed by atoms with van der Waals surface area (Å²) in [7, 11) is 0. The molecule has 114 valence electrons. The summed E-state index contributed by atoms with van der Waals surface area (Å²) in [5.41, 5.74) is 5.80. The highest BCUT2D eigenvalue weighted by molar-refractivity contribution is 6.31. The van der Waals surface area contributed by atoms with Crippen molar-refractivity contribution in [3.8, 4) is 0 Å². The summed E-state index contributed by atoms with van der Waals surface area (Å²) in [6, 6.07) is 2.79. The van der Waals surface area contributed by atoms with Crippen molar-refractivity contribution in [3.63, 3.8) is 0 Å². The van der Waals surface area contributed by atoms with E-state index in [1.54, 1.807) is 13.8 Å². The van der Waals surface area contributed by atoms with Gasteiger partial charge in [0, 0.05) is 24.9 Å². The van der Waals surface area contributed by atoms with Crippen LogP contribution >= 0.6 is 23.2 Å². The predicted octanol–water partition coefficient (Wildman–Crippen LogP) is 3.12. The molecule has 1 aromatic carbocycles. The molecule has 0 saturated heterocycles. The van der Waals surface area contributed by atoms with E-state index in [-0.39, 0.29) is 5.02 Å². The van der Waals surface area contributed by atoms with E-state index in [1.807, 2.05) is 4.57 Å². The third kappa shape index (κ3) is 3.14. The third-order valence-corrected chi connectivity index (χ3v) is 3.89. The fourth-order valence-electron chi connectivity index (χ4n) is 2.10. The van der Waals surface area contributed by atoms with Gasteiger partial charge in [0.1, 0.15) is 11.6 Å². The lowest BCUT2D eigenvalue weighted by atomic mass is 9.92. The number of benzene rings is 1.